The third-order valence-electron chi connectivity index (χ3n) is 2.49. The van der Waals surface area contributed by atoms with Crippen molar-refractivity contribution < 1.29 is 0 Å². The van der Waals surface area contributed by atoms with E-state index < -0.39 is 0 Å². The topological polar surface area (TPSA) is 70.2 Å². The molecule has 0 aliphatic carbocycles. The zero-order valence-corrected chi connectivity index (χ0v) is 8.42. The van der Waals surface area contributed by atoms with Gasteiger partial charge in [0.2, 0.25) is 5.95 Å². The molecule has 1 aromatic carbocycles. The van der Waals surface area contributed by atoms with Crippen molar-refractivity contribution in [2.45, 2.75) is 6.54 Å². The maximum atomic E-state index is 11.7. The van der Waals surface area contributed by atoms with Crippen LogP contribution in [0.25, 0.3) is 0 Å². The predicted molar refractivity (Wildman–Crippen MR) is 60.2 cm³/mol. The summed E-state index contributed by atoms with van der Waals surface area (Å²) in [7, 11) is 0. The van der Waals surface area contributed by atoms with Gasteiger partial charge in [-0.25, -0.2) is 4.98 Å². The van der Waals surface area contributed by atoms with Crippen LogP contribution in [0.3, 0.4) is 0 Å². The largest absolute Gasteiger partial charge is 0.742 e. The molecule has 2 heterocycles. The molecule has 0 saturated heterocycles. The number of rotatable bonds is 1. The fourth-order valence-electron chi connectivity index (χ4n) is 1.74. The van der Waals surface area contributed by atoms with E-state index in [1.165, 1.54) is 0 Å². The average Bonchev–Trinajstić information content (AvgIpc) is 2.82. The van der Waals surface area contributed by atoms with Crippen LogP contribution >= 0.6 is 0 Å². The summed E-state index contributed by atoms with van der Waals surface area (Å²) in [6.07, 6.45) is 3.36. The van der Waals surface area contributed by atoms with Crippen molar-refractivity contribution in [3.05, 3.63) is 47.4 Å². The predicted octanol–water partition coefficient (Wildman–Crippen LogP) is 1.15. The molecule has 0 radical (unpaired) electrons. The van der Waals surface area contributed by atoms with Gasteiger partial charge in [0.15, 0.2) is 0 Å². The standard InChI is InChI=1S/C10H10N5O/c16-15-9-4-2-1-3-8(9)7-14(13-15)10-11-5-6-12-10/h1-6,13H,7H2,(H,11,12)/q-1. The molecule has 0 saturated carbocycles. The highest BCUT2D eigenvalue weighted by Gasteiger charge is 2.18. The van der Waals surface area contributed by atoms with Gasteiger partial charge in [0.25, 0.3) is 0 Å². The number of para-hydroxylation sites is 1. The minimum Gasteiger partial charge on any atom is -0.742 e. The Kier molecular flexibility index (Phi) is 2.02. The first-order valence-electron chi connectivity index (χ1n) is 4.93. The number of aromatic amines is 1. The Morgan fingerprint density at radius 3 is 3.00 bits per heavy atom. The minimum atomic E-state index is 0.600. The molecule has 6 nitrogen and oxygen atoms in total. The fraction of sp³-hybridized carbons (Fsp3) is 0.100. The van der Waals surface area contributed by atoms with Crippen molar-refractivity contribution in [1.82, 2.24) is 15.5 Å². The molecule has 0 amide bonds. The molecule has 0 fully saturated rings. The van der Waals surface area contributed by atoms with Crippen LogP contribution < -0.4 is 15.7 Å². The highest BCUT2D eigenvalue weighted by atomic mass is 16.6. The lowest BCUT2D eigenvalue weighted by Gasteiger charge is -2.42. The van der Waals surface area contributed by atoms with E-state index >= 15 is 0 Å². The lowest BCUT2D eigenvalue weighted by Crippen LogP contribution is -2.51. The van der Waals surface area contributed by atoms with Gasteiger partial charge >= 0.3 is 0 Å². The Hall–Kier alpha value is -2.05. The molecule has 0 unspecified atom stereocenters. The van der Waals surface area contributed by atoms with Gasteiger partial charge in [-0.1, -0.05) is 18.2 Å². The van der Waals surface area contributed by atoms with E-state index in [0.29, 0.717) is 18.2 Å². The van der Waals surface area contributed by atoms with Crippen molar-refractivity contribution in [2.75, 3.05) is 10.2 Å². The zero-order valence-electron chi connectivity index (χ0n) is 8.42. The first-order valence-corrected chi connectivity index (χ1v) is 4.93. The maximum Gasteiger partial charge on any atom is 0.219 e. The Morgan fingerprint density at radius 2 is 2.19 bits per heavy atom. The quantitative estimate of drug-likeness (QED) is 0.748. The molecule has 16 heavy (non-hydrogen) atoms. The van der Waals surface area contributed by atoms with E-state index in [-0.39, 0.29) is 0 Å². The summed E-state index contributed by atoms with van der Waals surface area (Å²) in [5, 5.41) is 14.1. The number of nitrogens with zero attached hydrogens (tertiary/aromatic N) is 3. The second-order valence-corrected chi connectivity index (χ2v) is 3.52. The van der Waals surface area contributed by atoms with Crippen LogP contribution in [0.5, 0.6) is 0 Å². The van der Waals surface area contributed by atoms with Gasteiger partial charge in [-0.15, -0.1) is 0 Å². The molecular formula is C10H10N5O-. The Morgan fingerprint density at radius 1 is 1.31 bits per heavy atom. The number of nitrogens with one attached hydrogen (secondary N) is 2. The molecule has 6 heteroatoms. The van der Waals surface area contributed by atoms with Crippen LogP contribution in [-0.4, -0.2) is 9.97 Å². The smallest absolute Gasteiger partial charge is 0.219 e. The molecular weight excluding hydrogens is 206 g/mol. The van der Waals surface area contributed by atoms with Crippen molar-refractivity contribution in [3.8, 4) is 0 Å². The SMILES string of the molecule is [O-]N1NN(c2ncc[nH]2)Cc2ccccc21. The van der Waals surface area contributed by atoms with E-state index in [4.69, 9.17) is 0 Å². The van der Waals surface area contributed by atoms with Crippen LogP contribution in [-0.2, 0) is 6.54 Å². The molecule has 1 aliphatic heterocycles. The Bertz CT molecular complexity index is 484. The molecule has 82 valence electrons. The van der Waals surface area contributed by atoms with Gasteiger partial charge in [-0.05, 0) is 11.6 Å². The number of aromatic nitrogens is 2. The average molecular weight is 216 g/mol. The first-order chi connectivity index (χ1) is 7.84. The third kappa shape index (κ3) is 1.40. The van der Waals surface area contributed by atoms with Gasteiger partial charge in [0.05, 0.1) is 6.54 Å². The Balaban J connectivity index is 1.95. The monoisotopic (exact) mass is 216 g/mol. The van der Waals surface area contributed by atoms with Crippen LogP contribution in [0.2, 0.25) is 0 Å². The van der Waals surface area contributed by atoms with Crippen LogP contribution in [0.1, 0.15) is 5.56 Å². The first kappa shape index (κ1) is 9.20. The maximum absolute atomic E-state index is 11.7. The zero-order chi connectivity index (χ0) is 11.0. The molecule has 2 N–H and O–H groups in total. The molecule has 1 aromatic heterocycles. The molecule has 2 aromatic rings. The number of H-pyrrole nitrogens is 1. The lowest BCUT2D eigenvalue weighted by molar-refractivity contribution is 0.586. The molecule has 0 spiro atoms. The molecule has 0 atom stereocenters. The normalized spacial score (nSPS) is 15.1. The highest BCUT2D eigenvalue weighted by Crippen LogP contribution is 2.25. The van der Waals surface area contributed by atoms with Crippen LogP contribution in [0.4, 0.5) is 11.6 Å². The summed E-state index contributed by atoms with van der Waals surface area (Å²) >= 11 is 0. The Labute approximate surface area is 92.0 Å². The number of hydrogen-bond acceptors (Lipinski definition) is 5. The second kappa shape index (κ2) is 3.51. The molecule has 3 rings (SSSR count). The number of imidazole rings is 1. The van der Waals surface area contributed by atoms with Crippen molar-refractivity contribution in [2.24, 2.45) is 0 Å². The van der Waals surface area contributed by atoms with E-state index in [9.17, 15) is 5.21 Å². The number of benzene rings is 1. The second-order valence-electron chi connectivity index (χ2n) is 3.52. The summed E-state index contributed by atoms with van der Waals surface area (Å²) in [4.78, 5) is 7.03. The number of anilines is 2. The lowest BCUT2D eigenvalue weighted by atomic mass is 10.1. The van der Waals surface area contributed by atoms with Crippen LogP contribution in [0, 0.1) is 5.21 Å². The minimum absolute atomic E-state index is 0.600. The number of hydrazine groups is 2. The van der Waals surface area contributed by atoms with Crippen molar-refractivity contribution in [3.63, 3.8) is 0 Å². The summed E-state index contributed by atoms with van der Waals surface area (Å²) in [5.74, 6) is 0.621. The van der Waals surface area contributed by atoms with Gasteiger partial charge in [-0.2, -0.15) is 5.53 Å². The summed E-state index contributed by atoms with van der Waals surface area (Å²) < 4.78 is 0. The fourth-order valence-corrected chi connectivity index (χ4v) is 1.74. The van der Waals surface area contributed by atoms with E-state index in [1.807, 2.05) is 18.2 Å². The van der Waals surface area contributed by atoms with Gasteiger partial charge in [0, 0.05) is 18.1 Å². The summed E-state index contributed by atoms with van der Waals surface area (Å²) in [6, 6.07) is 7.47. The summed E-state index contributed by atoms with van der Waals surface area (Å²) in [6.45, 7) is 0.600. The van der Waals surface area contributed by atoms with E-state index in [2.05, 4.69) is 15.5 Å². The van der Waals surface area contributed by atoms with Crippen molar-refractivity contribution in [1.29, 1.82) is 0 Å². The van der Waals surface area contributed by atoms with E-state index in [1.54, 1.807) is 23.5 Å². The van der Waals surface area contributed by atoms with Gasteiger partial charge < -0.3 is 15.4 Å². The molecule has 0 bridgehead atoms. The molecule has 1 aliphatic rings. The van der Waals surface area contributed by atoms with Gasteiger partial charge in [0.1, 0.15) is 0 Å². The van der Waals surface area contributed by atoms with E-state index in [0.717, 1.165) is 10.7 Å². The van der Waals surface area contributed by atoms with Crippen molar-refractivity contribution >= 4 is 11.6 Å². The third-order valence-corrected chi connectivity index (χ3v) is 2.49. The van der Waals surface area contributed by atoms with Crippen LogP contribution in [0.15, 0.2) is 36.7 Å². The number of fused-ring (bicyclic) bond motifs is 1. The number of hydrogen-bond donors (Lipinski definition) is 2. The highest BCUT2D eigenvalue weighted by molar-refractivity contribution is 5.57. The summed E-state index contributed by atoms with van der Waals surface area (Å²) in [5.41, 5.74) is 4.30. The van der Waals surface area contributed by atoms with Gasteiger partial charge in [-0.3, -0.25) is 5.01 Å².